The van der Waals surface area contributed by atoms with Crippen molar-refractivity contribution in [3.63, 3.8) is 0 Å². The van der Waals surface area contributed by atoms with Gasteiger partial charge in [-0.05, 0) is 12.8 Å². The summed E-state index contributed by atoms with van der Waals surface area (Å²) in [5.74, 6) is -0.592. The number of halogens is 3. The predicted octanol–water partition coefficient (Wildman–Crippen LogP) is 0.217. The van der Waals surface area contributed by atoms with Crippen LogP contribution in [0.1, 0.15) is 19.3 Å². The lowest BCUT2D eigenvalue weighted by atomic mass is 9.76. The second kappa shape index (κ2) is 6.99. The van der Waals surface area contributed by atoms with Gasteiger partial charge >= 0.3 is 12.2 Å². The van der Waals surface area contributed by atoms with E-state index in [-0.39, 0.29) is 24.4 Å². The van der Waals surface area contributed by atoms with E-state index in [0.717, 1.165) is 24.3 Å². The summed E-state index contributed by atoms with van der Waals surface area (Å²) >= 11 is 0. The summed E-state index contributed by atoms with van der Waals surface area (Å²) in [4.78, 5) is 24.6. The lowest BCUT2D eigenvalue weighted by Gasteiger charge is -2.38. The highest BCUT2D eigenvalue weighted by Gasteiger charge is 2.45. The van der Waals surface area contributed by atoms with Gasteiger partial charge in [-0.1, -0.05) is 0 Å². The van der Waals surface area contributed by atoms with Crippen molar-refractivity contribution in [1.29, 1.82) is 0 Å². The van der Waals surface area contributed by atoms with Gasteiger partial charge in [-0.25, -0.2) is 4.79 Å². The van der Waals surface area contributed by atoms with E-state index in [1.54, 1.807) is 0 Å². The third kappa shape index (κ3) is 4.35. The van der Waals surface area contributed by atoms with Crippen molar-refractivity contribution in [3.8, 4) is 0 Å². The van der Waals surface area contributed by atoms with E-state index in [4.69, 9.17) is 4.74 Å². The molecule has 0 radical (unpaired) electrons. The van der Waals surface area contributed by atoms with E-state index in [1.165, 1.54) is 0 Å². The average molecular weight is 364 g/mol. The molecule has 142 valence electrons. The van der Waals surface area contributed by atoms with Crippen molar-refractivity contribution >= 4 is 11.9 Å². The number of rotatable bonds is 3. The van der Waals surface area contributed by atoms with Crippen LogP contribution in [-0.2, 0) is 9.53 Å². The Hall–Kier alpha value is -1.55. The fourth-order valence-electron chi connectivity index (χ4n) is 3.94. The maximum Gasteiger partial charge on any atom is 0.406 e. The minimum absolute atomic E-state index is 0.0383. The van der Waals surface area contributed by atoms with E-state index >= 15 is 0 Å². The minimum atomic E-state index is -4.43. The Morgan fingerprint density at radius 2 is 2.04 bits per heavy atom. The van der Waals surface area contributed by atoms with Crippen molar-refractivity contribution in [2.75, 3.05) is 39.4 Å². The molecule has 25 heavy (non-hydrogen) atoms. The second-order valence-electron chi connectivity index (χ2n) is 7.07. The zero-order valence-electron chi connectivity index (χ0n) is 13.8. The fraction of sp³-hybridized carbons (Fsp3) is 0.867. The Kier molecular flexibility index (Phi) is 5.10. The van der Waals surface area contributed by atoms with E-state index in [9.17, 15) is 22.8 Å². The third-order valence-electron chi connectivity index (χ3n) is 5.28. The van der Waals surface area contributed by atoms with Gasteiger partial charge < -0.3 is 25.6 Å². The molecule has 0 aromatic rings. The SMILES string of the molecule is O=C(NC1CC(=O)N(CC(F)(F)F)C1)NC1CNCC12CCOCC2. The first-order chi connectivity index (χ1) is 11.8. The van der Waals surface area contributed by atoms with Gasteiger partial charge in [-0.2, -0.15) is 13.2 Å². The van der Waals surface area contributed by atoms with Crippen LogP contribution in [0.15, 0.2) is 0 Å². The Labute approximate surface area is 143 Å². The smallest absolute Gasteiger partial charge is 0.381 e. The van der Waals surface area contributed by atoms with Gasteiger partial charge in [0.15, 0.2) is 0 Å². The monoisotopic (exact) mass is 364 g/mol. The third-order valence-corrected chi connectivity index (χ3v) is 5.28. The Morgan fingerprint density at radius 1 is 1.32 bits per heavy atom. The summed E-state index contributed by atoms with van der Waals surface area (Å²) in [7, 11) is 0. The number of likely N-dealkylation sites (tertiary alicyclic amines) is 1. The van der Waals surface area contributed by atoms with Gasteiger partial charge in [-0.3, -0.25) is 4.79 Å². The number of ether oxygens (including phenoxy) is 1. The van der Waals surface area contributed by atoms with Gasteiger partial charge in [0.25, 0.3) is 0 Å². The van der Waals surface area contributed by atoms with Crippen molar-refractivity contribution in [1.82, 2.24) is 20.9 Å². The first-order valence-electron chi connectivity index (χ1n) is 8.47. The molecule has 2 unspecified atom stereocenters. The lowest BCUT2D eigenvalue weighted by molar-refractivity contribution is -0.157. The number of hydrogen-bond acceptors (Lipinski definition) is 4. The van der Waals surface area contributed by atoms with Gasteiger partial charge in [0.2, 0.25) is 5.91 Å². The normalized spacial score (nSPS) is 29.2. The number of alkyl halides is 3. The molecule has 3 fully saturated rings. The van der Waals surface area contributed by atoms with Crippen LogP contribution in [0.5, 0.6) is 0 Å². The molecule has 3 aliphatic heterocycles. The standard InChI is InChI=1S/C15H23F3N4O3/c16-15(17,18)9-22-7-10(5-12(22)23)20-13(24)21-11-6-19-8-14(11)1-3-25-4-2-14/h10-11,19H,1-9H2,(H2,20,21,24). The fourth-order valence-corrected chi connectivity index (χ4v) is 3.94. The topological polar surface area (TPSA) is 82.7 Å². The summed E-state index contributed by atoms with van der Waals surface area (Å²) in [5.41, 5.74) is -0.0383. The molecule has 3 heterocycles. The van der Waals surface area contributed by atoms with Crippen LogP contribution >= 0.6 is 0 Å². The zero-order valence-corrected chi connectivity index (χ0v) is 13.8. The molecule has 3 N–H and O–H groups in total. The molecule has 3 saturated heterocycles. The maximum absolute atomic E-state index is 12.4. The predicted molar refractivity (Wildman–Crippen MR) is 81.9 cm³/mol. The Balaban J connectivity index is 1.50. The van der Waals surface area contributed by atoms with Gasteiger partial charge in [0, 0.05) is 44.7 Å². The number of carbonyl (C=O) groups excluding carboxylic acids is 2. The van der Waals surface area contributed by atoms with Gasteiger partial charge in [0.1, 0.15) is 6.54 Å². The average Bonchev–Trinajstić information content (AvgIpc) is 3.03. The number of amides is 3. The van der Waals surface area contributed by atoms with E-state index in [1.807, 2.05) is 0 Å². The number of carbonyl (C=O) groups is 2. The van der Waals surface area contributed by atoms with Crippen LogP contribution < -0.4 is 16.0 Å². The number of urea groups is 1. The van der Waals surface area contributed by atoms with Crippen LogP contribution in [0.3, 0.4) is 0 Å². The maximum atomic E-state index is 12.4. The molecule has 3 rings (SSSR count). The highest BCUT2D eigenvalue weighted by Crippen LogP contribution is 2.36. The summed E-state index contributed by atoms with van der Waals surface area (Å²) < 4.78 is 42.7. The van der Waals surface area contributed by atoms with E-state index in [0.29, 0.717) is 19.8 Å². The van der Waals surface area contributed by atoms with E-state index in [2.05, 4.69) is 16.0 Å². The number of nitrogens with one attached hydrogen (secondary N) is 3. The molecule has 0 saturated carbocycles. The van der Waals surface area contributed by atoms with Crippen molar-refractivity contribution < 1.29 is 27.5 Å². The highest BCUT2D eigenvalue weighted by atomic mass is 19.4. The summed E-state index contributed by atoms with van der Waals surface area (Å²) in [6, 6.07) is -1.10. The summed E-state index contributed by atoms with van der Waals surface area (Å²) in [6.45, 7) is 1.38. The molecule has 3 aliphatic rings. The molecule has 1 spiro atoms. The summed E-state index contributed by atoms with van der Waals surface area (Å²) in [6.07, 6.45) is -2.83. The van der Waals surface area contributed by atoms with Crippen LogP contribution in [0.4, 0.5) is 18.0 Å². The molecule has 10 heteroatoms. The quantitative estimate of drug-likeness (QED) is 0.669. The number of nitrogens with zero attached hydrogens (tertiary/aromatic N) is 1. The molecule has 0 aliphatic carbocycles. The zero-order chi connectivity index (χ0) is 18.1. The van der Waals surface area contributed by atoms with Crippen LogP contribution in [-0.4, -0.2) is 74.5 Å². The van der Waals surface area contributed by atoms with Crippen molar-refractivity contribution in [2.45, 2.75) is 37.5 Å². The lowest BCUT2D eigenvalue weighted by Crippen LogP contribution is -2.54. The van der Waals surface area contributed by atoms with Gasteiger partial charge in [0.05, 0.1) is 12.1 Å². The second-order valence-corrected chi connectivity index (χ2v) is 7.07. The Morgan fingerprint density at radius 3 is 2.72 bits per heavy atom. The molecule has 0 aromatic heterocycles. The van der Waals surface area contributed by atoms with E-state index < -0.39 is 30.7 Å². The van der Waals surface area contributed by atoms with Crippen LogP contribution in [0, 0.1) is 5.41 Å². The largest absolute Gasteiger partial charge is 0.406 e. The molecule has 0 aromatic carbocycles. The molecule has 0 bridgehead atoms. The van der Waals surface area contributed by atoms with Gasteiger partial charge in [-0.15, -0.1) is 0 Å². The summed E-state index contributed by atoms with van der Waals surface area (Å²) in [5, 5.41) is 8.85. The minimum Gasteiger partial charge on any atom is -0.381 e. The van der Waals surface area contributed by atoms with Crippen LogP contribution in [0.25, 0.3) is 0 Å². The van der Waals surface area contributed by atoms with Crippen molar-refractivity contribution in [3.05, 3.63) is 0 Å². The number of hydrogen-bond donors (Lipinski definition) is 3. The highest BCUT2D eigenvalue weighted by molar-refractivity contribution is 5.81. The Bertz CT molecular complexity index is 523. The molecular formula is C15H23F3N4O3. The molecule has 3 amide bonds. The molecule has 2 atom stereocenters. The van der Waals surface area contributed by atoms with Crippen molar-refractivity contribution in [2.24, 2.45) is 5.41 Å². The first-order valence-corrected chi connectivity index (χ1v) is 8.47. The molecule has 7 nitrogen and oxygen atoms in total. The van der Waals surface area contributed by atoms with Crippen LogP contribution in [0.2, 0.25) is 0 Å². The molecular weight excluding hydrogens is 341 g/mol. The first kappa shape index (κ1) is 18.2.